The summed E-state index contributed by atoms with van der Waals surface area (Å²) in [5, 5.41) is 0. The summed E-state index contributed by atoms with van der Waals surface area (Å²) in [7, 11) is 3.05. The van der Waals surface area contributed by atoms with Crippen molar-refractivity contribution in [3.8, 4) is 0 Å². The van der Waals surface area contributed by atoms with Crippen LogP contribution >= 0.6 is 0 Å². The fourth-order valence-electron chi connectivity index (χ4n) is 8.31. The summed E-state index contributed by atoms with van der Waals surface area (Å²) in [6, 6.07) is 10.5. The van der Waals surface area contributed by atoms with Crippen LogP contribution in [0.15, 0.2) is 55.6 Å². The summed E-state index contributed by atoms with van der Waals surface area (Å²) in [5.41, 5.74) is 9.50. The van der Waals surface area contributed by atoms with Crippen molar-refractivity contribution in [3.05, 3.63) is 95.4 Å². The molecule has 4 atom stereocenters. The number of nitrogens with one attached hydrogen (secondary N) is 2. The highest BCUT2D eigenvalue weighted by Crippen LogP contribution is 2.48. The van der Waals surface area contributed by atoms with E-state index in [0.29, 0.717) is 92.1 Å². The first kappa shape index (κ1) is 51.2. The number of rotatable bonds is 29. The lowest BCUT2D eigenvalue weighted by atomic mass is 9.71. The Hall–Kier alpha value is -4.74. The van der Waals surface area contributed by atoms with Crippen LogP contribution in [0.4, 0.5) is 0 Å². The Bertz CT molecular complexity index is 2130. The number of hydrogen-bond donors (Lipinski definition) is 2. The van der Waals surface area contributed by atoms with Crippen LogP contribution in [-0.4, -0.2) is 139 Å². The van der Waals surface area contributed by atoms with E-state index in [1.54, 1.807) is 7.11 Å². The predicted octanol–water partition coefficient (Wildman–Crippen LogP) is 7.60. The lowest BCUT2D eigenvalue weighted by Gasteiger charge is -2.31. The molecule has 0 amide bonds. The number of carbonyl (C=O) groups is 2. The van der Waals surface area contributed by atoms with Gasteiger partial charge in [0.15, 0.2) is 0 Å². The molecule has 5 heterocycles. The second-order valence-electron chi connectivity index (χ2n) is 16.3. The van der Waals surface area contributed by atoms with E-state index in [4.69, 9.17) is 52.6 Å². The molecule has 0 aliphatic carbocycles. The van der Waals surface area contributed by atoms with Gasteiger partial charge in [0.05, 0.1) is 104 Å². The first-order valence-corrected chi connectivity index (χ1v) is 22.7. The van der Waals surface area contributed by atoms with Gasteiger partial charge in [-0.2, -0.15) is 0 Å². The molecule has 0 saturated heterocycles. The second-order valence-corrected chi connectivity index (χ2v) is 16.3. The first-order valence-electron chi connectivity index (χ1n) is 22.7. The molecule has 0 saturated carbocycles. The topological polar surface area (TPSA) is 175 Å². The molecule has 0 fully saturated rings. The van der Waals surface area contributed by atoms with Crippen LogP contribution in [0.1, 0.15) is 104 Å². The minimum absolute atomic E-state index is 0.0225. The molecule has 15 heteroatoms. The summed E-state index contributed by atoms with van der Waals surface area (Å²) in [5.74, 6) is -0.751. The molecule has 8 bridgehead atoms. The summed E-state index contributed by atoms with van der Waals surface area (Å²) in [4.78, 5) is 43.3. The maximum atomic E-state index is 13.3. The number of hydrogen-bond acceptors (Lipinski definition) is 13. The Morgan fingerprint density at radius 3 is 1.86 bits per heavy atom. The van der Waals surface area contributed by atoms with Crippen LogP contribution in [0.2, 0.25) is 0 Å². The van der Waals surface area contributed by atoms with Gasteiger partial charge in [0, 0.05) is 82.5 Å². The van der Waals surface area contributed by atoms with E-state index in [2.05, 4.69) is 81.2 Å². The Labute approximate surface area is 383 Å². The third-order valence-corrected chi connectivity index (χ3v) is 12.3. The molecule has 0 aromatic carbocycles. The molecule has 15 nitrogen and oxygen atoms in total. The number of aromatic nitrogens is 4. The molecule has 3 aliphatic rings. The van der Waals surface area contributed by atoms with E-state index in [-0.39, 0.29) is 55.7 Å². The van der Waals surface area contributed by atoms with Gasteiger partial charge in [-0.15, -0.1) is 6.58 Å². The highest BCUT2D eigenvalue weighted by atomic mass is 16.6. The third-order valence-electron chi connectivity index (χ3n) is 12.3. The second kappa shape index (κ2) is 26.4. The van der Waals surface area contributed by atoms with Gasteiger partial charge in [-0.3, -0.25) is 14.6 Å². The van der Waals surface area contributed by atoms with E-state index in [1.807, 2.05) is 12.2 Å². The summed E-state index contributed by atoms with van der Waals surface area (Å²) in [6.07, 6.45) is 5.18. The van der Waals surface area contributed by atoms with Gasteiger partial charge in [-0.05, 0) is 68.2 Å². The van der Waals surface area contributed by atoms with Crippen molar-refractivity contribution >= 4 is 34.1 Å². The number of nitrogens with zero attached hydrogens (tertiary/aromatic N) is 2. The van der Waals surface area contributed by atoms with Crippen molar-refractivity contribution in [2.45, 2.75) is 76.5 Å². The van der Waals surface area contributed by atoms with Crippen molar-refractivity contribution < 1.29 is 52.2 Å². The number of aryl methyl sites for hydroxylation is 1. The molecule has 0 spiro atoms. The van der Waals surface area contributed by atoms with Gasteiger partial charge in [-0.25, -0.2) is 4.98 Å². The first-order chi connectivity index (χ1) is 31.5. The van der Waals surface area contributed by atoms with Gasteiger partial charge < -0.3 is 52.6 Å². The van der Waals surface area contributed by atoms with Gasteiger partial charge in [0.25, 0.3) is 0 Å². The molecule has 2 aromatic heterocycles. The number of methoxy groups -OCH3 is 2. The van der Waals surface area contributed by atoms with E-state index in [0.717, 1.165) is 61.9 Å². The number of aromatic amines is 2. The van der Waals surface area contributed by atoms with E-state index >= 15 is 0 Å². The summed E-state index contributed by atoms with van der Waals surface area (Å²) >= 11 is 0. The van der Waals surface area contributed by atoms with Gasteiger partial charge >= 0.3 is 11.9 Å². The number of carbonyl (C=O) groups excluding carboxylic acids is 2. The van der Waals surface area contributed by atoms with Crippen LogP contribution in [0, 0.1) is 6.92 Å². The maximum Gasteiger partial charge on any atom is 0.305 e. The normalized spacial score (nSPS) is 18.7. The van der Waals surface area contributed by atoms with Crippen molar-refractivity contribution in [1.29, 1.82) is 0 Å². The zero-order chi connectivity index (χ0) is 46.6. The molecule has 5 rings (SSSR count). The van der Waals surface area contributed by atoms with Crippen LogP contribution in [-0.2, 0) is 57.6 Å². The zero-order valence-corrected chi connectivity index (χ0v) is 39.3. The van der Waals surface area contributed by atoms with Gasteiger partial charge in [0.2, 0.25) is 0 Å². The quantitative estimate of drug-likeness (QED) is 0.0465. The minimum Gasteiger partial charge on any atom is -0.469 e. The third kappa shape index (κ3) is 14.4. The number of fused-ring (bicyclic) bond motifs is 8. The number of allylic oxidation sites excluding steroid dienone is 4. The molecule has 4 unspecified atom stereocenters. The van der Waals surface area contributed by atoms with Crippen LogP contribution in [0.25, 0.3) is 22.2 Å². The highest BCUT2D eigenvalue weighted by Gasteiger charge is 2.42. The molecule has 65 heavy (non-hydrogen) atoms. The number of H-pyrrole nitrogens is 2. The Balaban J connectivity index is 1.17. The Kier molecular flexibility index (Phi) is 20.8. The van der Waals surface area contributed by atoms with Crippen LogP contribution < -0.4 is 0 Å². The van der Waals surface area contributed by atoms with Crippen LogP contribution in [0.5, 0.6) is 0 Å². The molecular formula is C50H70N4O11. The minimum atomic E-state index is -0.681. The SMILES string of the molecule is C=CC1=C(C)c2cc3cc(C)c(cc4nc(cc5[nH]c(cc1n2)C(C)C5(C=C)CCC(=O)OCCOCCOCCOCCOCCOCCOCCOC)C(CCC(=O)OC)C4C)[nH]3. The number of ether oxygens (including phenoxy) is 9. The molecule has 3 aliphatic heterocycles. The fourth-order valence-corrected chi connectivity index (χ4v) is 8.31. The summed E-state index contributed by atoms with van der Waals surface area (Å²) < 4.78 is 48.7. The predicted molar refractivity (Wildman–Crippen MR) is 249 cm³/mol. The number of esters is 2. The van der Waals surface area contributed by atoms with E-state index < -0.39 is 5.41 Å². The molecule has 2 N–H and O–H groups in total. The van der Waals surface area contributed by atoms with Gasteiger partial charge in [-0.1, -0.05) is 32.6 Å². The lowest BCUT2D eigenvalue weighted by molar-refractivity contribution is -0.145. The van der Waals surface area contributed by atoms with Crippen molar-refractivity contribution in [1.82, 2.24) is 19.9 Å². The Morgan fingerprint density at radius 1 is 0.692 bits per heavy atom. The zero-order valence-electron chi connectivity index (χ0n) is 39.3. The monoisotopic (exact) mass is 903 g/mol. The largest absolute Gasteiger partial charge is 0.469 e. The average Bonchev–Trinajstić information content (AvgIpc) is 3.97. The van der Waals surface area contributed by atoms with Crippen LogP contribution in [0.3, 0.4) is 0 Å². The molecular weight excluding hydrogens is 833 g/mol. The smallest absolute Gasteiger partial charge is 0.305 e. The standard InChI is InChI=1S/C50H70N4O11/c1-9-39-35(4)42-30-38-29-34(3)41(51-38)31-43-36(5)40(11-12-48(55)58-8)46(53-43)33-47-50(10-2,37(6)44(54-47)32-45(39)52-42)14-13-49(56)65-28-27-64-26-25-63-24-23-62-22-21-61-20-19-60-18-17-59-16-15-57-7/h9-10,29-33,36-37,40,51,54H,1-2,11-28H2,3-8H3. The van der Waals surface area contributed by atoms with E-state index in [9.17, 15) is 9.59 Å². The fraction of sp³-hybridized carbons (Fsp3) is 0.560. The summed E-state index contributed by atoms with van der Waals surface area (Å²) in [6.45, 7) is 23.0. The highest BCUT2D eigenvalue weighted by molar-refractivity contribution is 5.96. The Morgan fingerprint density at radius 2 is 1.29 bits per heavy atom. The van der Waals surface area contributed by atoms with Gasteiger partial charge in [0.1, 0.15) is 6.61 Å². The molecule has 2 aromatic rings. The molecule has 0 radical (unpaired) electrons. The molecule has 356 valence electrons. The maximum absolute atomic E-state index is 13.3. The van der Waals surface area contributed by atoms with Crippen molar-refractivity contribution in [2.75, 3.05) is 107 Å². The average molecular weight is 903 g/mol. The van der Waals surface area contributed by atoms with Crippen molar-refractivity contribution in [2.24, 2.45) is 0 Å². The lowest BCUT2D eigenvalue weighted by Crippen LogP contribution is -2.28. The van der Waals surface area contributed by atoms with Crippen molar-refractivity contribution in [3.63, 3.8) is 0 Å². The van der Waals surface area contributed by atoms with E-state index in [1.165, 1.54) is 7.11 Å².